The normalized spacial score (nSPS) is 11.6. The number of carbonyl (C=O) groups excluding carboxylic acids is 1. The van der Waals surface area contributed by atoms with E-state index in [0.29, 0.717) is 25.1 Å². The molecule has 1 aromatic carbocycles. The lowest BCUT2D eigenvalue weighted by Crippen LogP contribution is -2.19. The van der Waals surface area contributed by atoms with E-state index in [1.54, 1.807) is 36.4 Å². The fraction of sp³-hybridized carbons (Fsp3) is 0.294. The molecule has 136 valence electrons. The summed E-state index contributed by atoms with van der Waals surface area (Å²) in [6, 6.07) is 6.16. The van der Waals surface area contributed by atoms with E-state index in [1.165, 1.54) is 13.1 Å². The van der Waals surface area contributed by atoms with Crippen LogP contribution in [0.1, 0.15) is 25.3 Å². The van der Waals surface area contributed by atoms with Crippen molar-refractivity contribution in [3.63, 3.8) is 0 Å². The number of hydrogen-bond donors (Lipinski definition) is 4. The minimum Gasteiger partial charge on any atom is -0.480 e. The second-order valence-electron chi connectivity index (χ2n) is 4.77. The van der Waals surface area contributed by atoms with Gasteiger partial charge < -0.3 is 21.3 Å². The Morgan fingerprint density at radius 1 is 1.36 bits per heavy atom. The Hall–Kier alpha value is -3.00. The molecule has 8 heteroatoms. The molecule has 0 fully saturated rings. The van der Waals surface area contributed by atoms with Crippen molar-refractivity contribution in [2.75, 3.05) is 6.54 Å². The zero-order valence-corrected chi connectivity index (χ0v) is 14.1. The summed E-state index contributed by atoms with van der Waals surface area (Å²) in [6.07, 6.45) is 6.71. The van der Waals surface area contributed by atoms with Gasteiger partial charge in [-0.1, -0.05) is 18.2 Å². The number of aliphatic carboxylic acids is 1. The van der Waals surface area contributed by atoms with Crippen LogP contribution >= 0.6 is 0 Å². The molecule has 0 amide bonds. The Kier molecular flexibility index (Phi) is 11.8. The number of nitrogens with zero attached hydrogens (tertiary/aromatic N) is 1. The summed E-state index contributed by atoms with van der Waals surface area (Å²) >= 11 is 0. The molecule has 0 bridgehead atoms. The second kappa shape index (κ2) is 13.4. The first kappa shape index (κ1) is 22.0. The molecular weight excluding hydrogens is 324 g/mol. The van der Waals surface area contributed by atoms with Crippen molar-refractivity contribution in [3.05, 3.63) is 35.9 Å². The molecule has 0 saturated heterocycles. The fourth-order valence-electron chi connectivity index (χ4n) is 1.69. The van der Waals surface area contributed by atoms with Gasteiger partial charge in [0.05, 0.1) is 6.34 Å². The molecule has 0 aromatic heterocycles. The molecule has 1 unspecified atom stereocenters. The number of carbonyl (C=O) groups is 2. The van der Waals surface area contributed by atoms with Gasteiger partial charge in [-0.25, -0.2) is 4.79 Å². The number of carboxylic acid groups (broad SMARTS) is 1. The van der Waals surface area contributed by atoms with Crippen LogP contribution in [0.3, 0.4) is 0 Å². The van der Waals surface area contributed by atoms with Crippen molar-refractivity contribution in [1.82, 2.24) is 0 Å². The minimum absolute atomic E-state index is 0.368. The average Bonchev–Trinajstić information content (AvgIpc) is 2.55. The monoisotopic (exact) mass is 348 g/mol. The van der Waals surface area contributed by atoms with E-state index in [4.69, 9.17) is 21.0 Å². The van der Waals surface area contributed by atoms with Gasteiger partial charge in [-0.3, -0.25) is 15.2 Å². The molecule has 0 saturated carbocycles. The van der Waals surface area contributed by atoms with E-state index in [9.17, 15) is 9.59 Å². The molecule has 6 N–H and O–H groups in total. The summed E-state index contributed by atoms with van der Waals surface area (Å²) in [5, 5.41) is 14.9. The van der Waals surface area contributed by atoms with Gasteiger partial charge in [0.25, 0.3) is 0 Å². The summed E-state index contributed by atoms with van der Waals surface area (Å²) in [5.74, 6) is -0.845. The average molecular weight is 348 g/mol. The topological polar surface area (TPSA) is 152 Å². The molecule has 0 spiro atoms. The smallest absolute Gasteiger partial charge is 0.328 e. The first-order valence-electron chi connectivity index (χ1n) is 7.56. The molecule has 25 heavy (non-hydrogen) atoms. The molecular formula is C17H24N4O4. The van der Waals surface area contributed by atoms with Crippen molar-refractivity contribution in [2.45, 2.75) is 25.8 Å². The molecule has 1 aromatic rings. The number of ether oxygens (including phenoxy) is 1. The van der Waals surface area contributed by atoms with Crippen molar-refractivity contribution in [1.29, 1.82) is 5.41 Å². The molecule has 0 radical (unpaired) electrons. The molecule has 0 heterocycles. The van der Waals surface area contributed by atoms with E-state index in [0.717, 1.165) is 11.9 Å². The summed E-state index contributed by atoms with van der Waals surface area (Å²) in [6.45, 7) is 1.79. The Morgan fingerprint density at radius 2 is 1.96 bits per heavy atom. The molecule has 0 aliphatic heterocycles. The zero-order valence-electron chi connectivity index (χ0n) is 14.1. The first-order valence-corrected chi connectivity index (χ1v) is 7.56. The van der Waals surface area contributed by atoms with Crippen LogP contribution in [-0.2, 0) is 9.59 Å². The van der Waals surface area contributed by atoms with Crippen molar-refractivity contribution < 1.29 is 19.4 Å². The maximum Gasteiger partial charge on any atom is 0.328 e. The summed E-state index contributed by atoms with van der Waals surface area (Å²) < 4.78 is 4.93. The summed E-state index contributed by atoms with van der Waals surface area (Å²) in [4.78, 5) is 25.8. The SMILES string of the molecule is CC(=O)Oc1ccc(/C=C/C=NC(CCCN)C(=O)O)cc1.N=CN. The van der Waals surface area contributed by atoms with Crippen LogP contribution in [0.5, 0.6) is 5.75 Å². The molecule has 8 nitrogen and oxygen atoms in total. The Morgan fingerprint density at radius 3 is 2.44 bits per heavy atom. The highest BCUT2D eigenvalue weighted by atomic mass is 16.5. The van der Waals surface area contributed by atoms with Gasteiger partial charge in [-0.2, -0.15) is 0 Å². The molecule has 1 rings (SSSR count). The second-order valence-corrected chi connectivity index (χ2v) is 4.77. The standard InChI is InChI=1S/C16H20N2O4.CH4N2/c1-12(19)22-14-8-6-13(7-9-14)4-3-11-18-15(16(20)21)5-2-10-17;2-1-3/h3-4,6-9,11,15H,2,5,10,17H2,1H3,(H,20,21);1H,(H3,2,3)/b4-3+,18-11?;. The van der Waals surface area contributed by atoms with Crippen molar-refractivity contribution >= 4 is 30.6 Å². The Balaban J connectivity index is 0.00000178. The maximum absolute atomic E-state index is 11.0. The third-order valence-electron chi connectivity index (χ3n) is 2.75. The Labute approximate surface area is 146 Å². The number of benzene rings is 1. The van der Waals surface area contributed by atoms with E-state index >= 15 is 0 Å². The number of nitrogens with two attached hydrogens (primary N) is 2. The molecule has 0 aliphatic rings. The molecule has 1 atom stereocenters. The Bertz CT molecular complexity index is 597. The molecule has 0 aliphatic carbocycles. The van der Waals surface area contributed by atoms with Crippen LogP contribution in [0.4, 0.5) is 0 Å². The van der Waals surface area contributed by atoms with Gasteiger partial charge in [0, 0.05) is 13.1 Å². The van der Waals surface area contributed by atoms with E-state index in [1.807, 2.05) is 0 Å². The van der Waals surface area contributed by atoms with Gasteiger partial charge >= 0.3 is 11.9 Å². The zero-order chi connectivity index (χ0) is 19.1. The van der Waals surface area contributed by atoms with Crippen LogP contribution in [0, 0.1) is 5.41 Å². The van der Waals surface area contributed by atoms with Crippen LogP contribution in [0.25, 0.3) is 6.08 Å². The number of rotatable bonds is 8. The fourth-order valence-corrected chi connectivity index (χ4v) is 1.69. The van der Waals surface area contributed by atoms with Crippen LogP contribution in [-0.4, -0.2) is 42.2 Å². The van der Waals surface area contributed by atoms with Gasteiger partial charge in [-0.05, 0) is 43.2 Å². The number of hydrogen-bond acceptors (Lipinski definition) is 6. The lowest BCUT2D eigenvalue weighted by Gasteiger charge is -2.04. The number of esters is 1. The highest BCUT2D eigenvalue weighted by Crippen LogP contribution is 2.13. The predicted molar refractivity (Wildman–Crippen MR) is 98.0 cm³/mol. The van der Waals surface area contributed by atoms with Crippen LogP contribution < -0.4 is 16.2 Å². The lowest BCUT2D eigenvalue weighted by atomic mass is 10.1. The third-order valence-corrected chi connectivity index (χ3v) is 2.75. The van der Waals surface area contributed by atoms with Crippen LogP contribution in [0.2, 0.25) is 0 Å². The number of nitrogens with one attached hydrogen (secondary N) is 1. The largest absolute Gasteiger partial charge is 0.480 e. The van der Waals surface area contributed by atoms with E-state index < -0.39 is 12.0 Å². The van der Waals surface area contributed by atoms with Crippen molar-refractivity contribution in [2.24, 2.45) is 16.5 Å². The predicted octanol–water partition coefficient (Wildman–Crippen LogP) is 1.44. The van der Waals surface area contributed by atoms with Crippen molar-refractivity contribution in [3.8, 4) is 5.75 Å². The highest BCUT2D eigenvalue weighted by molar-refractivity contribution is 5.82. The summed E-state index contributed by atoms with van der Waals surface area (Å²) in [7, 11) is 0. The lowest BCUT2D eigenvalue weighted by molar-refractivity contribution is -0.138. The van der Waals surface area contributed by atoms with Gasteiger partial charge in [0.15, 0.2) is 0 Å². The van der Waals surface area contributed by atoms with Gasteiger partial charge in [-0.15, -0.1) is 0 Å². The van der Waals surface area contributed by atoms with Gasteiger partial charge in [0.1, 0.15) is 11.8 Å². The quantitative estimate of drug-likeness (QED) is 0.241. The number of allylic oxidation sites excluding steroid dienone is 1. The first-order chi connectivity index (χ1) is 11.9. The maximum atomic E-state index is 11.0. The van der Waals surface area contributed by atoms with E-state index in [2.05, 4.69) is 10.7 Å². The minimum atomic E-state index is -0.955. The number of carboxylic acids is 1. The van der Waals surface area contributed by atoms with Gasteiger partial charge in [0.2, 0.25) is 0 Å². The van der Waals surface area contributed by atoms with E-state index in [-0.39, 0.29) is 5.97 Å². The third kappa shape index (κ3) is 11.2. The summed E-state index contributed by atoms with van der Waals surface area (Å²) in [5.41, 5.74) is 10.6. The van der Waals surface area contributed by atoms with Crippen LogP contribution in [0.15, 0.2) is 35.3 Å². The number of aliphatic imine (C=N–C) groups is 1. The highest BCUT2D eigenvalue weighted by Gasteiger charge is 2.13.